The Hall–Kier alpha value is -2.81. The number of aromatic nitrogens is 1. The number of pyridine rings is 1. The second kappa shape index (κ2) is 5.43. The summed E-state index contributed by atoms with van der Waals surface area (Å²) in [5, 5.41) is 0. The van der Waals surface area contributed by atoms with E-state index in [4.69, 9.17) is 0 Å². The molecule has 1 aromatic heterocycles. The lowest BCUT2D eigenvalue weighted by molar-refractivity contribution is -0.595. The Morgan fingerprint density at radius 1 is 0.696 bits per heavy atom. The molecule has 0 aliphatic carbocycles. The van der Waals surface area contributed by atoms with Gasteiger partial charge in [0.1, 0.15) is 6.17 Å². The normalized spacial score (nSPS) is 14.2. The first-order valence-electron chi connectivity index (χ1n) is 7.87. The van der Waals surface area contributed by atoms with Crippen LogP contribution in [0.25, 0.3) is 5.69 Å². The van der Waals surface area contributed by atoms with Crippen LogP contribution in [0.15, 0.2) is 79.1 Å². The summed E-state index contributed by atoms with van der Waals surface area (Å²) in [4.78, 5) is 4.66. The van der Waals surface area contributed by atoms with E-state index in [1.165, 1.54) is 22.6 Å². The number of hydrogen-bond donors (Lipinski definition) is 0. The predicted molar refractivity (Wildman–Crippen MR) is 94.0 cm³/mol. The Balaban J connectivity index is 1.67. The standard InChI is InChI=1S/C20H20N3/c1-21-18-10-6-7-11-19(18)22(2)20(21)16-12-14-23(15-13-16)17-8-4-3-5-9-17/h3-15,20H,1-2H3/q+1. The average molecular weight is 302 g/mol. The monoisotopic (exact) mass is 302 g/mol. The summed E-state index contributed by atoms with van der Waals surface area (Å²) in [7, 11) is 4.32. The van der Waals surface area contributed by atoms with Crippen molar-refractivity contribution in [3.05, 3.63) is 84.7 Å². The van der Waals surface area contributed by atoms with E-state index in [0.717, 1.165) is 0 Å². The average Bonchev–Trinajstić information content (AvgIpc) is 2.87. The fourth-order valence-corrected chi connectivity index (χ4v) is 3.41. The molecule has 0 saturated carbocycles. The highest BCUT2D eigenvalue weighted by molar-refractivity contribution is 5.77. The molecule has 0 N–H and O–H groups in total. The first-order chi connectivity index (χ1) is 11.3. The summed E-state index contributed by atoms with van der Waals surface area (Å²) >= 11 is 0. The van der Waals surface area contributed by atoms with Gasteiger partial charge in [0.25, 0.3) is 0 Å². The number of benzene rings is 2. The zero-order valence-corrected chi connectivity index (χ0v) is 13.4. The smallest absolute Gasteiger partial charge is 0.210 e. The molecule has 0 unspecified atom stereocenters. The molecule has 0 fully saturated rings. The molecule has 0 radical (unpaired) electrons. The van der Waals surface area contributed by atoms with Crippen LogP contribution in [0, 0.1) is 0 Å². The minimum absolute atomic E-state index is 0.234. The van der Waals surface area contributed by atoms with Gasteiger partial charge in [0.05, 0.1) is 11.4 Å². The Kier molecular flexibility index (Phi) is 3.27. The van der Waals surface area contributed by atoms with Crippen molar-refractivity contribution >= 4 is 11.4 Å². The lowest BCUT2D eigenvalue weighted by Gasteiger charge is -2.27. The molecule has 2 aromatic carbocycles. The van der Waals surface area contributed by atoms with Gasteiger partial charge in [-0.2, -0.15) is 4.57 Å². The number of para-hydroxylation sites is 3. The molecule has 1 aliphatic rings. The molecule has 23 heavy (non-hydrogen) atoms. The SMILES string of the molecule is CN1c2ccccc2N(C)C1c1cc[n+](-c2ccccc2)cc1. The van der Waals surface area contributed by atoms with Gasteiger partial charge >= 0.3 is 0 Å². The summed E-state index contributed by atoms with van der Waals surface area (Å²) in [6.45, 7) is 0. The summed E-state index contributed by atoms with van der Waals surface area (Å²) < 4.78 is 2.14. The van der Waals surface area contributed by atoms with Gasteiger partial charge in [0, 0.05) is 43.9 Å². The molecule has 0 atom stereocenters. The van der Waals surface area contributed by atoms with E-state index >= 15 is 0 Å². The zero-order valence-electron chi connectivity index (χ0n) is 13.4. The minimum atomic E-state index is 0.234. The Labute approximate surface area is 137 Å². The second-order valence-electron chi connectivity index (χ2n) is 5.96. The molecule has 0 saturated heterocycles. The van der Waals surface area contributed by atoms with Crippen molar-refractivity contribution in [2.24, 2.45) is 0 Å². The van der Waals surface area contributed by atoms with Gasteiger partial charge in [-0.15, -0.1) is 0 Å². The largest absolute Gasteiger partial charge is 0.349 e. The third kappa shape index (κ3) is 2.25. The van der Waals surface area contributed by atoms with Crippen molar-refractivity contribution in [1.29, 1.82) is 0 Å². The van der Waals surface area contributed by atoms with Gasteiger partial charge in [-0.25, -0.2) is 0 Å². The summed E-state index contributed by atoms with van der Waals surface area (Å²) in [6.07, 6.45) is 4.50. The highest BCUT2D eigenvalue weighted by atomic mass is 15.4. The number of anilines is 2. The maximum absolute atomic E-state index is 2.33. The van der Waals surface area contributed by atoms with Crippen LogP contribution in [0.4, 0.5) is 11.4 Å². The van der Waals surface area contributed by atoms with Crippen LogP contribution in [0.2, 0.25) is 0 Å². The number of fused-ring (bicyclic) bond motifs is 1. The number of hydrogen-bond acceptors (Lipinski definition) is 2. The molecule has 114 valence electrons. The molecule has 4 rings (SSSR count). The minimum Gasteiger partial charge on any atom is -0.349 e. The van der Waals surface area contributed by atoms with Crippen LogP contribution < -0.4 is 14.4 Å². The van der Waals surface area contributed by atoms with Crippen LogP contribution in [-0.4, -0.2) is 14.1 Å². The predicted octanol–water partition coefficient (Wildman–Crippen LogP) is 3.55. The van der Waals surface area contributed by atoms with E-state index in [0.29, 0.717) is 0 Å². The Morgan fingerprint density at radius 2 is 1.22 bits per heavy atom. The van der Waals surface area contributed by atoms with E-state index in [-0.39, 0.29) is 6.17 Å². The molecule has 3 heteroatoms. The molecular formula is C20H20N3+. The van der Waals surface area contributed by atoms with E-state index in [9.17, 15) is 0 Å². The van der Waals surface area contributed by atoms with Crippen molar-refractivity contribution in [2.45, 2.75) is 6.17 Å². The summed E-state index contributed by atoms with van der Waals surface area (Å²) in [5.74, 6) is 0. The molecule has 0 spiro atoms. The third-order valence-electron chi connectivity index (χ3n) is 4.58. The first-order valence-corrected chi connectivity index (χ1v) is 7.87. The zero-order chi connectivity index (χ0) is 15.8. The van der Waals surface area contributed by atoms with Crippen LogP contribution in [-0.2, 0) is 0 Å². The number of nitrogens with zero attached hydrogens (tertiary/aromatic N) is 3. The van der Waals surface area contributed by atoms with Crippen LogP contribution in [0.1, 0.15) is 11.7 Å². The molecule has 0 amide bonds. The maximum Gasteiger partial charge on any atom is 0.210 e. The second-order valence-corrected chi connectivity index (χ2v) is 5.96. The maximum atomic E-state index is 2.33. The summed E-state index contributed by atoms with van der Waals surface area (Å²) in [5.41, 5.74) is 5.02. The first kappa shape index (κ1) is 13.8. The van der Waals surface area contributed by atoms with Crippen molar-refractivity contribution in [3.8, 4) is 5.69 Å². The van der Waals surface area contributed by atoms with Gasteiger partial charge in [-0.3, -0.25) is 0 Å². The molecule has 3 aromatic rings. The van der Waals surface area contributed by atoms with Gasteiger partial charge in [0.2, 0.25) is 5.69 Å². The van der Waals surface area contributed by atoms with Crippen molar-refractivity contribution in [2.75, 3.05) is 23.9 Å². The molecule has 3 nitrogen and oxygen atoms in total. The van der Waals surface area contributed by atoms with Gasteiger partial charge in [-0.1, -0.05) is 30.3 Å². The Bertz CT molecular complexity index is 783. The highest BCUT2D eigenvalue weighted by Gasteiger charge is 2.32. The van der Waals surface area contributed by atoms with Crippen LogP contribution >= 0.6 is 0 Å². The fraction of sp³-hybridized carbons (Fsp3) is 0.150. The summed E-state index contributed by atoms with van der Waals surface area (Å²) in [6, 6.07) is 23.4. The molecule has 2 heterocycles. The molecular weight excluding hydrogens is 282 g/mol. The van der Waals surface area contributed by atoms with Crippen molar-refractivity contribution in [1.82, 2.24) is 0 Å². The fourth-order valence-electron chi connectivity index (χ4n) is 3.41. The van der Waals surface area contributed by atoms with Crippen LogP contribution in [0.3, 0.4) is 0 Å². The molecule has 1 aliphatic heterocycles. The van der Waals surface area contributed by atoms with E-state index < -0.39 is 0 Å². The van der Waals surface area contributed by atoms with Gasteiger partial charge < -0.3 is 9.80 Å². The lowest BCUT2D eigenvalue weighted by atomic mass is 10.2. The van der Waals surface area contributed by atoms with Gasteiger partial charge in [-0.05, 0) is 12.1 Å². The van der Waals surface area contributed by atoms with Crippen molar-refractivity contribution in [3.63, 3.8) is 0 Å². The van der Waals surface area contributed by atoms with Gasteiger partial charge in [0.15, 0.2) is 12.4 Å². The topological polar surface area (TPSA) is 10.4 Å². The third-order valence-corrected chi connectivity index (χ3v) is 4.58. The van der Waals surface area contributed by atoms with Crippen LogP contribution in [0.5, 0.6) is 0 Å². The highest BCUT2D eigenvalue weighted by Crippen LogP contribution is 2.43. The van der Waals surface area contributed by atoms with E-state index in [1.807, 2.05) is 6.07 Å². The number of rotatable bonds is 2. The van der Waals surface area contributed by atoms with Crippen molar-refractivity contribution < 1.29 is 4.57 Å². The van der Waals surface area contributed by atoms with E-state index in [1.54, 1.807) is 0 Å². The van der Waals surface area contributed by atoms with E-state index in [2.05, 4.69) is 102 Å². The Morgan fingerprint density at radius 3 is 1.78 bits per heavy atom. The quantitative estimate of drug-likeness (QED) is 0.670. The molecule has 0 bridgehead atoms. The lowest BCUT2D eigenvalue weighted by Crippen LogP contribution is -2.33.